The molecule has 0 spiro atoms. The maximum absolute atomic E-state index is 13.3. The van der Waals surface area contributed by atoms with Crippen molar-refractivity contribution in [2.24, 2.45) is 23.5 Å². The Labute approximate surface area is 277 Å². The van der Waals surface area contributed by atoms with Crippen LogP contribution in [0.15, 0.2) is 0 Å². The molecule has 0 saturated heterocycles. The number of nitrogens with one attached hydrogen (secondary N) is 2. The van der Waals surface area contributed by atoms with Gasteiger partial charge in [-0.25, -0.2) is 4.79 Å². The number of halogens is 3. The van der Waals surface area contributed by atoms with Gasteiger partial charge in [-0.05, 0) is 37.5 Å². The first-order valence-electron chi connectivity index (χ1n) is 17.0. The third-order valence-electron chi connectivity index (χ3n) is 8.75. The van der Waals surface area contributed by atoms with Crippen molar-refractivity contribution in [1.82, 2.24) is 10.6 Å². The van der Waals surface area contributed by atoms with Gasteiger partial charge in [0.1, 0.15) is 24.2 Å². The molecule has 6 N–H and O–H groups in total. The van der Waals surface area contributed by atoms with E-state index in [0.717, 1.165) is 64.2 Å². The molecule has 1 saturated carbocycles. The normalized spacial score (nSPS) is 17.5. The van der Waals surface area contributed by atoms with Crippen molar-refractivity contribution in [2.75, 3.05) is 0 Å². The van der Waals surface area contributed by atoms with E-state index in [1.165, 1.54) is 26.2 Å². The summed E-state index contributed by atoms with van der Waals surface area (Å²) in [5.41, 5.74) is 6.14. The number of carbonyl (C=O) groups is 5. The minimum atomic E-state index is -5.08. The molecule has 0 unspecified atom stereocenters. The third kappa shape index (κ3) is 19.5. The highest BCUT2D eigenvalue weighted by Gasteiger charge is 2.38. The molecule has 14 heteroatoms. The van der Waals surface area contributed by atoms with Crippen molar-refractivity contribution in [1.29, 1.82) is 0 Å². The SMILES string of the molecule is CCCCCCCC[C@H](C)[C@H](CC(=O)N[C@@H](CC1CCCCC1)C(=O)N[C@@H](C)C(=O)O)OC(=O)[C@@H](N)[C@H](C)CC.O=C(O)C(F)(F)F. The van der Waals surface area contributed by atoms with Crippen LogP contribution in [-0.4, -0.2) is 70.3 Å². The molecule has 0 radical (unpaired) electrons. The van der Waals surface area contributed by atoms with E-state index in [1.807, 2.05) is 20.8 Å². The van der Waals surface area contributed by atoms with Gasteiger partial charge in [0.15, 0.2) is 0 Å². The summed E-state index contributed by atoms with van der Waals surface area (Å²) < 4.78 is 37.6. The predicted molar refractivity (Wildman–Crippen MR) is 171 cm³/mol. The van der Waals surface area contributed by atoms with Gasteiger partial charge in [0.25, 0.3) is 0 Å². The monoisotopic (exact) mass is 681 g/mol. The summed E-state index contributed by atoms with van der Waals surface area (Å²) in [5, 5.41) is 21.7. The number of nitrogens with two attached hydrogens (primary N) is 1. The van der Waals surface area contributed by atoms with E-state index in [2.05, 4.69) is 17.6 Å². The van der Waals surface area contributed by atoms with Gasteiger partial charge >= 0.3 is 24.1 Å². The minimum Gasteiger partial charge on any atom is -0.480 e. The highest BCUT2D eigenvalue weighted by molar-refractivity contribution is 5.90. The first-order chi connectivity index (χ1) is 21.9. The molecular weight excluding hydrogens is 623 g/mol. The number of ether oxygens (including phenoxy) is 1. The highest BCUT2D eigenvalue weighted by atomic mass is 19.4. The number of carbonyl (C=O) groups excluding carboxylic acids is 3. The summed E-state index contributed by atoms with van der Waals surface area (Å²) in [6.45, 7) is 9.45. The number of alkyl halides is 3. The Morgan fingerprint density at radius 2 is 1.43 bits per heavy atom. The van der Waals surface area contributed by atoms with Crippen LogP contribution in [-0.2, 0) is 28.7 Å². The molecule has 0 aromatic heterocycles. The number of unbranched alkanes of at least 4 members (excludes halogenated alkanes) is 5. The van der Waals surface area contributed by atoms with Crippen LogP contribution >= 0.6 is 0 Å². The predicted octanol–water partition coefficient (Wildman–Crippen LogP) is 5.73. The molecule has 0 aromatic rings. The van der Waals surface area contributed by atoms with Crippen LogP contribution in [0.25, 0.3) is 0 Å². The van der Waals surface area contributed by atoms with Crippen LogP contribution in [0.1, 0.15) is 131 Å². The standard InChI is InChI=1S/C31H57N3O6.C2HF3O2/c1-6-8-9-10-11-13-16-22(4)26(40-31(39)28(32)21(3)7-2)20-27(35)34-25(19-24-17-14-12-15-18-24)29(36)33-23(5)30(37)38;3-2(4,5)1(6)7/h21-26,28H,6-20,32H2,1-5H3,(H,33,36)(H,34,35)(H,37,38);(H,6,7)/t21-,22+,23+,25+,26+,28+;/m1./s1. The Morgan fingerprint density at radius 1 is 0.872 bits per heavy atom. The lowest BCUT2D eigenvalue weighted by atomic mass is 9.84. The van der Waals surface area contributed by atoms with Crippen molar-refractivity contribution >= 4 is 29.7 Å². The van der Waals surface area contributed by atoms with Crippen LogP contribution in [0.4, 0.5) is 13.2 Å². The molecule has 0 bridgehead atoms. The van der Waals surface area contributed by atoms with E-state index < -0.39 is 54.2 Å². The van der Waals surface area contributed by atoms with Crippen molar-refractivity contribution in [2.45, 2.75) is 161 Å². The molecule has 1 fully saturated rings. The Balaban J connectivity index is 0.00000270. The van der Waals surface area contributed by atoms with Crippen molar-refractivity contribution in [3.63, 3.8) is 0 Å². The molecule has 11 nitrogen and oxygen atoms in total. The fraction of sp³-hybridized carbons (Fsp3) is 0.848. The fourth-order valence-corrected chi connectivity index (χ4v) is 5.30. The van der Waals surface area contributed by atoms with E-state index in [-0.39, 0.29) is 24.2 Å². The molecule has 47 heavy (non-hydrogen) atoms. The molecule has 0 heterocycles. The molecule has 0 aliphatic heterocycles. The van der Waals surface area contributed by atoms with Gasteiger partial charge in [-0.15, -0.1) is 0 Å². The summed E-state index contributed by atoms with van der Waals surface area (Å²) in [6, 6.07) is -2.67. The summed E-state index contributed by atoms with van der Waals surface area (Å²) in [5.74, 6) is -5.09. The molecule has 0 aromatic carbocycles. The zero-order valence-corrected chi connectivity index (χ0v) is 28.7. The number of hydrogen-bond acceptors (Lipinski definition) is 7. The topological polar surface area (TPSA) is 185 Å². The maximum Gasteiger partial charge on any atom is 0.490 e. The van der Waals surface area contributed by atoms with Gasteiger partial charge in [-0.3, -0.25) is 19.2 Å². The van der Waals surface area contributed by atoms with Crippen LogP contribution in [0.3, 0.4) is 0 Å². The van der Waals surface area contributed by atoms with E-state index in [0.29, 0.717) is 12.3 Å². The van der Waals surface area contributed by atoms with Crippen LogP contribution in [0.2, 0.25) is 0 Å². The summed E-state index contributed by atoms with van der Waals surface area (Å²) in [6.07, 6.45) is 8.37. The van der Waals surface area contributed by atoms with Gasteiger partial charge in [0.05, 0.1) is 6.42 Å². The Hall–Kier alpha value is -2.90. The lowest BCUT2D eigenvalue weighted by Gasteiger charge is -2.29. The van der Waals surface area contributed by atoms with E-state index >= 15 is 0 Å². The average Bonchev–Trinajstić information content (AvgIpc) is 3.01. The van der Waals surface area contributed by atoms with Crippen LogP contribution < -0.4 is 16.4 Å². The van der Waals surface area contributed by atoms with E-state index in [4.69, 9.17) is 20.4 Å². The summed E-state index contributed by atoms with van der Waals surface area (Å²) in [7, 11) is 0. The molecule has 1 rings (SSSR count). The number of amides is 2. The first kappa shape index (κ1) is 44.1. The number of carboxylic acids is 2. The van der Waals surface area contributed by atoms with Crippen molar-refractivity contribution in [3.05, 3.63) is 0 Å². The fourth-order valence-electron chi connectivity index (χ4n) is 5.30. The number of aliphatic carboxylic acids is 2. The van der Waals surface area contributed by atoms with Crippen LogP contribution in [0.5, 0.6) is 0 Å². The van der Waals surface area contributed by atoms with Crippen molar-refractivity contribution < 1.29 is 52.1 Å². The summed E-state index contributed by atoms with van der Waals surface area (Å²) >= 11 is 0. The molecule has 274 valence electrons. The second-order valence-electron chi connectivity index (χ2n) is 12.9. The van der Waals surface area contributed by atoms with Crippen LogP contribution in [0, 0.1) is 17.8 Å². The Bertz CT molecular complexity index is 960. The highest BCUT2D eigenvalue weighted by Crippen LogP contribution is 2.28. The van der Waals surface area contributed by atoms with Gasteiger partial charge in [0.2, 0.25) is 11.8 Å². The number of rotatable bonds is 20. The zero-order valence-electron chi connectivity index (χ0n) is 28.7. The minimum absolute atomic E-state index is 0.0457. The van der Waals surface area contributed by atoms with Gasteiger partial charge in [-0.1, -0.05) is 105 Å². The maximum atomic E-state index is 13.3. The number of esters is 1. The second-order valence-corrected chi connectivity index (χ2v) is 12.9. The lowest BCUT2D eigenvalue weighted by Crippen LogP contribution is -2.52. The Morgan fingerprint density at radius 3 is 1.94 bits per heavy atom. The van der Waals surface area contributed by atoms with E-state index in [1.54, 1.807) is 0 Å². The second kappa shape index (κ2) is 23.4. The van der Waals surface area contributed by atoms with Gasteiger partial charge in [0, 0.05) is 0 Å². The van der Waals surface area contributed by atoms with Crippen molar-refractivity contribution in [3.8, 4) is 0 Å². The quantitative estimate of drug-likeness (QED) is 0.0791. The lowest BCUT2D eigenvalue weighted by molar-refractivity contribution is -0.192. The number of hydrogen-bond donors (Lipinski definition) is 5. The Kier molecular flexibility index (Phi) is 22.0. The van der Waals surface area contributed by atoms with Gasteiger partial charge < -0.3 is 31.3 Å². The smallest absolute Gasteiger partial charge is 0.480 e. The molecule has 2 amide bonds. The van der Waals surface area contributed by atoms with Gasteiger partial charge in [-0.2, -0.15) is 13.2 Å². The largest absolute Gasteiger partial charge is 0.490 e. The summed E-state index contributed by atoms with van der Waals surface area (Å²) in [4.78, 5) is 59.4. The molecule has 6 atom stereocenters. The zero-order chi connectivity index (χ0) is 36.2. The number of carboxylic acid groups (broad SMARTS) is 2. The molecular formula is C33H58F3N3O8. The molecule has 1 aliphatic carbocycles. The molecule has 1 aliphatic rings. The average molecular weight is 682 g/mol. The first-order valence-corrected chi connectivity index (χ1v) is 17.0. The van der Waals surface area contributed by atoms with E-state index in [9.17, 15) is 37.5 Å². The third-order valence-corrected chi connectivity index (χ3v) is 8.75.